The van der Waals surface area contributed by atoms with E-state index in [1.165, 1.54) is 25.8 Å². The van der Waals surface area contributed by atoms with Crippen molar-refractivity contribution in [2.75, 3.05) is 13.1 Å². The van der Waals surface area contributed by atoms with E-state index in [0.717, 1.165) is 13.0 Å². The van der Waals surface area contributed by atoms with Crippen LogP contribution in [0.5, 0.6) is 0 Å². The Balaban J connectivity index is -0.000000270. The molecule has 2 nitrogen and oxygen atoms in total. The van der Waals surface area contributed by atoms with Gasteiger partial charge in [-0.15, -0.1) is 12.4 Å². The van der Waals surface area contributed by atoms with E-state index in [1.54, 1.807) is 0 Å². The van der Waals surface area contributed by atoms with Gasteiger partial charge in [-0.05, 0) is 32.4 Å². The quantitative estimate of drug-likeness (QED) is 0.624. The lowest BCUT2D eigenvalue weighted by Crippen LogP contribution is -2.29. The molecular formula is C9H25ClN2. The summed E-state index contributed by atoms with van der Waals surface area (Å²) in [5.74, 6) is 0. The maximum absolute atomic E-state index is 5.76. The third-order valence-electron chi connectivity index (χ3n) is 1.87. The summed E-state index contributed by atoms with van der Waals surface area (Å²) in [6.45, 7) is 2.30. The Kier molecular flexibility index (Phi) is 16.9. The fourth-order valence-electron chi connectivity index (χ4n) is 1.21. The lowest BCUT2D eigenvalue weighted by Gasteiger charge is -2.15. The first-order valence-electron chi connectivity index (χ1n) is 3.86. The van der Waals surface area contributed by atoms with Crippen LogP contribution in [0.2, 0.25) is 0 Å². The maximum atomic E-state index is 5.76. The monoisotopic (exact) mass is 196 g/mol. The summed E-state index contributed by atoms with van der Waals surface area (Å²) >= 11 is 0. The van der Waals surface area contributed by atoms with Gasteiger partial charge in [-0.2, -0.15) is 0 Å². The van der Waals surface area contributed by atoms with Crippen LogP contribution in [0.25, 0.3) is 0 Å². The van der Waals surface area contributed by atoms with Gasteiger partial charge < -0.3 is 11.1 Å². The standard InChI is InChI=1S/C7H16N2.2CH4.ClH/c8-7-3-1-2-5-9-6-4-7;;;/h7,9H,1-6,8H2;2*1H4;1H. The third kappa shape index (κ3) is 8.31. The van der Waals surface area contributed by atoms with Crippen LogP contribution in [0.3, 0.4) is 0 Å². The molecule has 1 aliphatic heterocycles. The van der Waals surface area contributed by atoms with Crippen LogP contribution >= 0.6 is 12.4 Å². The molecule has 0 radical (unpaired) electrons. The van der Waals surface area contributed by atoms with Gasteiger partial charge in [0.1, 0.15) is 0 Å². The molecule has 3 N–H and O–H groups in total. The average Bonchev–Trinajstić information content (AvgIpc) is 1.79. The zero-order valence-corrected chi connectivity index (χ0v) is 7.12. The number of hydrogen-bond donors (Lipinski definition) is 2. The summed E-state index contributed by atoms with van der Waals surface area (Å²) < 4.78 is 0. The van der Waals surface area contributed by atoms with Crippen LogP contribution in [-0.2, 0) is 0 Å². The van der Waals surface area contributed by atoms with E-state index in [4.69, 9.17) is 5.73 Å². The van der Waals surface area contributed by atoms with Gasteiger partial charge in [0.15, 0.2) is 0 Å². The number of nitrogens with one attached hydrogen (secondary N) is 1. The number of hydrogen-bond acceptors (Lipinski definition) is 2. The molecule has 1 rings (SSSR count). The predicted octanol–water partition coefficient (Wildman–Crippen LogP) is 2.17. The third-order valence-corrected chi connectivity index (χ3v) is 1.87. The normalized spacial score (nSPS) is 23.2. The fourth-order valence-corrected chi connectivity index (χ4v) is 1.21. The molecule has 78 valence electrons. The molecule has 1 unspecified atom stereocenters. The Morgan fingerprint density at radius 2 is 1.67 bits per heavy atom. The van der Waals surface area contributed by atoms with Gasteiger partial charge in [0.05, 0.1) is 0 Å². The van der Waals surface area contributed by atoms with Crippen molar-refractivity contribution in [3.63, 3.8) is 0 Å². The van der Waals surface area contributed by atoms with Crippen LogP contribution in [0.15, 0.2) is 0 Å². The van der Waals surface area contributed by atoms with E-state index in [9.17, 15) is 0 Å². The van der Waals surface area contributed by atoms with E-state index in [1.807, 2.05) is 0 Å². The van der Waals surface area contributed by atoms with Gasteiger partial charge in [0.2, 0.25) is 0 Å². The summed E-state index contributed by atoms with van der Waals surface area (Å²) in [5, 5.41) is 3.34. The Morgan fingerprint density at radius 1 is 1.00 bits per heavy atom. The van der Waals surface area contributed by atoms with Gasteiger partial charge in [-0.25, -0.2) is 0 Å². The van der Waals surface area contributed by atoms with E-state index >= 15 is 0 Å². The van der Waals surface area contributed by atoms with E-state index in [2.05, 4.69) is 5.32 Å². The molecule has 1 heterocycles. The van der Waals surface area contributed by atoms with Crippen LogP contribution in [-0.4, -0.2) is 19.1 Å². The smallest absolute Gasteiger partial charge is 0.00509 e. The van der Waals surface area contributed by atoms with Crippen molar-refractivity contribution in [3.8, 4) is 0 Å². The first kappa shape index (κ1) is 18.1. The summed E-state index contributed by atoms with van der Waals surface area (Å²) in [5.41, 5.74) is 5.76. The van der Waals surface area contributed by atoms with Crippen molar-refractivity contribution >= 4 is 12.4 Å². The van der Waals surface area contributed by atoms with E-state index in [-0.39, 0.29) is 27.3 Å². The second kappa shape index (κ2) is 11.2. The fraction of sp³-hybridized carbons (Fsp3) is 1.00. The molecule has 3 heteroatoms. The summed E-state index contributed by atoms with van der Waals surface area (Å²) in [4.78, 5) is 0. The van der Waals surface area contributed by atoms with Crippen molar-refractivity contribution in [3.05, 3.63) is 0 Å². The second-order valence-electron chi connectivity index (χ2n) is 2.79. The van der Waals surface area contributed by atoms with Gasteiger partial charge in [0.25, 0.3) is 0 Å². The Morgan fingerprint density at radius 3 is 2.33 bits per heavy atom. The first-order chi connectivity index (χ1) is 4.39. The zero-order valence-electron chi connectivity index (χ0n) is 6.31. The zero-order chi connectivity index (χ0) is 6.53. The van der Waals surface area contributed by atoms with Crippen LogP contribution in [0.4, 0.5) is 0 Å². The minimum Gasteiger partial charge on any atom is -0.328 e. The van der Waals surface area contributed by atoms with Gasteiger partial charge in [-0.3, -0.25) is 0 Å². The van der Waals surface area contributed by atoms with E-state index < -0.39 is 0 Å². The number of rotatable bonds is 0. The number of halogens is 1. The van der Waals surface area contributed by atoms with Crippen molar-refractivity contribution < 1.29 is 0 Å². The van der Waals surface area contributed by atoms with Crippen LogP contribution in [0.1, 0.15) is 40.5 Å². The minimum atomic E-state index is 0. The minimum absolute atomic E-state index is 0. The average molecular weight is 197 g/mol. The van der Waals surface area contributed by atoms with Crippen molar-refractivity contribution in [2.24, 2.45) is 5.73 Å². The molecule has 0 spiro atoms. The SMILES string of the molecule is C.C.Cl.NC1CCCCNCC1. The summed E-state index contributed by atoms with van der Waals surface area (Å²) in [6.07, 6.45) is 4.98. The lowest BCUT2D eigenvalue weighted by atomic mass is 10.1. The second-order valence-corrected chi connectivity index (χ2v) is 2.79. The molecule has 0 aromatic heterocycles. The molecule has 1 atom stereocenters. The highest BCUT2D eigenvalue weighted by atomic mass is 35.5. The van der Waals surface area contributed by atoms with Crippen LogP contribution in [0, 0.1) is 0 Å². The maximum Gasteiger partial charge on any atom is 0.00509 e. The molecule has 0 aliphatic carbocycles. The van der Waals surface area contributed by atoms with Crippen molar-refractivity contribution in [1.82, 2.24) is 5.32 Å². The molecule has 12 heavy (non-hydrogen) atoms. The van der Waals surface area contributed by atoms with Gasteiger partial charge in [-0.1, -0.05) is 21.3 Å². The number of nitrogens with two attached hydrogens (primary N) is 1. The molecule has 0 saturated carbocycles. The molecule has 0 amide bonds. The van der Waals surface area contributed by atoms with E-state index in [0.29, 0.717) is 6.04 Å². The van der Waals surface area contributed by atoms with Crippen LogP contribution < -0.4 is 11.1 Å². The Hall–Kier alpha value is 0.210. The molecule has 1 aliphatic rings. The predicted molar refractivity (Wildman–Crippen MR) is 60.0 cm³/mol. The molecular weight excluding hydrogens is 172 g/mol. The first-order valence-corrected chi connectivity index (χ1v) is 3.86. The molecule has 1 fully saturated rings. The summed E-state index contributed by atoms with van der Waals surface area (Å²) in [7, 11) is 0. The molecule has 0 bridgehead atoms. The Bertz CT molecular complexity index is 70.9. The van der Waals surface area contributed by atoms with Gasteiger partial charge >= 0.3 is 0 Å². The largest absolute Gasteiger partial charge is 0.328 e. The molecule has 1 saturated heterocycles. The van der Waals surface area contributed by atoms with Crippen molar-refractivity contribution in [1.29, 1.82) is 0 Å². The highest BCUT2D eigenvalue weighted by Gasteiger charge is 2.03. The lowest BCUT2D eigenvalue weighted by molar-refractivity contribution is 0.465. The molecule has 0 aromatic carbocycles. The highest BCUT2D eigenvalue weighted by molar-refractivity contribution is 5.85. The topological polar surface area (TPSA) is 38.0 Å². The summed E-state index contributed by atoms with van der Waals surface area (Å²) in [6, 6.07) is 0.456. The highest BCUT2D eigenvalue weighted by Crippen LogP contribution is 2.03. The Labute approximate surface area is 83.7 Å². The molecule has 0 aromatic rings. The van der Waals surface area contributed by atoms with Gasteiger partial charge in [0, 0.05) is 6.04 Å². The van der Waals surface area contributed by atoms with Crippen molar-refractivity contribution in [2.45, 2.75) is 46.6 Å².